The lowest BCUT2D eigenvalue weighted by atomic mass is 10.1. The van der Waals surface area contributed by atoms with E-state index in [1.54, 1.807) is 0 Å². The van der Waals surface area contributed by atoms with Crippen molar-refractivity contribution in [3.8, 4) is 0 Å². The maximum atomic E-state index is 11.7. The topological polar surface area (TPSA) is 132 Å². The molecule has 0 radical (unpaired) electrons. The van der Waals surface area contributed by atoms with E-state index < -0.39 is 30.2 Å². The molecule has 0 saturated carbocycles. The molecule has 22 heavy (non-hydrogen) atoms. The molecule has 1 aromatic rings. The Hall–Kier alpha value is -1.97. The molecule has 3 atom stereocenters. The van der Waals surface area contributed by atoms with Crippen molar-refractivity contribution in [3.63, 3.8) is 0 Å². The monoisotopic (exact) mass is 312 g/mol. The molecule has 2 rings (SSSR count). The predicted octanol–water partition coefficient (Wildman–Crippen LogP) is -0.776. The number of carbonyl (C=O) groups is 1. The van der Waals surface area contributed by atoms with Crippen LogP contribution in [-0.4, -0.2) is 41.1 Å². The normalized spacial score (nSPS) is 22.7. The zero-order valence-corrected chi connectivity index (χ0v) is 12.5. The van der Waals surface area contributed by atoms with Crippen LogP contribution in [0.3, 0.4) is 0 Å². The highest BCUT2D eigenvalue weighted by molar-refractivity contribution is 5.75. The molecule has 122 valence electrons. The Bertz CT molecular complexity index is 588. The fourth-order valence-corrected chi connectivity index (χ4v) is 1.84. The fourth-order valence-electron chi connectivity index (χ4n) is 1.84. The summed E-state index contributed by atoms with van der Waals surface area (Å²) in [6.45, 7) is 3.70. The molecular weight excluding hydrogens is 292 g/mol. The summed E-state index contributed by atoms with van der Waals surface area (Å²) >= 11 is 0. The lowest BCUT2D eigenvalue weighted by Crippen LogP contribution is -2.38. The van der Waals surface area contributed by atoms with Gasteiger partial charge in [-0.1, -0.05) is 13.8 Å². The highest BCUT2D eigenvalue weighted by Gasteiger charge is 2.30. The number of anilines is 1. The number of carbonyl (C=O) groups excluding carboxylic acids is 1. The van der Waals surface area contributed by atoms with Crippen LogP contribution in [-0.2, 0) is 19.0 Å². The second-order valence-electron chi connectivity index (χ2n) is 5.30. The Balaban J connectivity index is 1.88. The first-order chi connectivity index (χ1) is 10.4. The molecule has 2 heterocycles. The summed E-state index contributed by atoms with van der Waals surface area (Å²) in [7, 11) is 0. The largest absolute Gasteiger partial charge is 0.459 e. The van der Waals surface area contributed by atoms with Crippen molar-refractivity contribution in [1.29, 1.82) is 0 Å². The van der Waals surface area contributed by atoms with Gasteiger partial charge in [0.1, 0.15) is 18.5 Å². The molecule has 0 bridgehead atoms. The van der Waals surface area contributed by atoms with Crippen LogP contribution < -0.4 is 17.2 Å². The number of aromatic nitrogens is 2. The highest BCUT2D eigenvalue weighted by Crippen LogP contribution is 2.20. The van der Waals surface area contributed by atoms with Gasteiger partial charge >= 0.3 is 11.7 Å². The number of rotatable bonds is 5. The third-order valence-corrected chi connectivity index (χ3v) is 3.25. The highest BCUT2D eigenvalue weighted by atomic mass is 16.7. The first-order valence-corrected chi connectivity index (χ1v) is 6.92. The minimum Gasteiger partial charge on any atom is -0.459 e. The molecule has 1 unspecified atom stereocenters. The van der Waals surface area contributed by atoms with Crippen molar-refractivity contribution in [3.05, 3.63) is 22.7 Å². The molecule has 1 fully saturated rings. The van der Waals surface area contributed by atoms with Crippen LogP contribution in [0.2, 0.25) is 0 Å². The van der Waals surface area contributed by atoms with Crippen LogP contribution in [0.1, 0.15) is 20.1 Å². The van der Waals surface area contributed by atoms with E-state index in [0.29, 0.717) is 0 Å². The summed E-state index contributed by atoms with van der Waals surface area (Å²) in [5.74, 6) is -0.407. The van der Waals surface area contributed by atoms with E-state index in [1.165, 1.54) is 16.8 Å². The lowest BCUT2D eigenvalue weighted by molar-refractivity contribution is -0.161. The van der Waals surface area contributed by atoms with Gasteiger partial charge in [0.05, 0.1) is 6.61 Å². The second-order valence-corrected chi connectivity index (χ2v) is 5.30. The van der Waals surface area contributed by atoms with Crippen LogP contribution in [0, 0.1) is 5.92 Å². The summed E-state index contributed by atoms with van der Waals surface area (Å²) < 4.78 is 17.1. The van der Waals surface area contributed by atoms with Gasteiger partial charge in [0.2, 0.25) is 0 Å². The maximum Gasteiger partial charge on any atom is 0.351 e. The Morgan fingerprint density at radius 2 is 2.32 bits per heavy atom. The first kappa shape index (κ1) is 16.4. The smallest absolute Gasteiger partial charge is 0.351 e. The molecule has 0 aliphatic carbocycles. The van der Waals surface area contributed by atoms with Gasteiger partial charge in [-0.25, -0.2) is 4.79 Å². The van der Waals surface area contributed by atoms with Gasteiger partial charge in [-0.2, -0.15) is 4.98 Å². The minimum atomic E-state index is -0.752. The zero-order valence-electron chi connectivity index (χ0n) is 12.5. The number of nitrogens with zero attached hydrogens (tertiary/aromatic N) is 2. The molecule has 9 heteroatoms. The van der Waals surface area contributed by atoms with E-state index in [9.17, 15) is 9.59 Å². The fraction of sp³-hybridized carbons (Fsp3) is 0.615. The number of hydrogen-bond acceptors (Lipinski definition) is 8. The summed E-state index contributed by atoms with van der Waals surface area (Å²) in [4.78, 5) is 27.0. The number of nitrogens with two attached hydrogens (primary N) is 2. The SMILES string of the molecule is CC(C)[C@H](N)C(=O)OCC1OC[C@@H](n2ccc(N)nc2=O)O1. The lowest BCUT2D eigenvalue weighted by Gasteiger charge is -2.17. The number of esters is 1. The summed E-state index contributed by atoms with van der Waals surface area (Å²) in [6, 6.07) is 0.792. The predicted molar refractivity (Wildman–Crippen MR) is 76.5 cm³/mol. The quantitative estimate of drug-likeness (QED) is 0.677. The van der Waals surface area contributed by atoms with Crippen LogP contribution in [0.4, 0.5) is 5.82 Å². The maximum absolute atomic E-state index is 11.7. The third-order valence-electron chi connectivity index (χ3n) is 3.25. The molecule has 0 spiro atoms. The number of nitrogen functional groups attached to an aromatic ring is 1. The van der Waals surface area contributed by atoms with Crippen LogP contribution in [0.25, 0.3) is 0 Å². The second kappa shape index (κ2) is 6.86. The van der Waals surface area contributed by atoms with Gasteiger partial charge in [0.25, 0.3) is 0 Å². The van der Waals surface area contributed by atoms with Gasteiger partial charge in [0, 0.05) is 6.20 Å². The molecule has 1 aliphatic heterocycles. The van der Waals surface area contributed by atoms with Crippen molar-refractivity contribution >= 4 is 11.8 Å². The molecule has 1 aliphatic rings. The van der Waals surface area contributed by atoms with E-state index in [0.717, 1.165) is 0 Å². The number of ether oxygens (including phenoxy) is 3. The van der Waals surface area contributed by atoms with E-state index in [4.69, 9.17) is 25.7 Å². The van der Waals surface area contributed by atoms with E-state index >= 15 is 0 Å². The van der Waals surface area contributed by atoms with Crippen molar-refractivity contribution in [1.82, 2.24) is 9.55 Å². The van der Waals surface area contributed by atoms with Gasteiger partial charge in [0.15, 0.2) is 12.5 Å². The third kappa shape index (κ3) is 3.81. The molecule has 1 aromatic heterocycles. The van der Waals surface area contributed by atoms with Gasteiger partial charge in [-0.05, 0) is 12.0 Å². The molecule has 0 aromatic carbocycles. The Morgan fingerprint density at radius 1 is 1.59 bits per heavy atom. The molecule has 1 saturated heterocycles. The van der Waals surface area contributed by atoms with Crippen molar-refractivity contribution in [2.24, 2.45) is 11.7 Å². The van der Waals surface area contributed by atoms with Gasteiger partial charge in [-0.3, -0.25) is 9.36 Å². The Labute approximate surface area is 127 Å². The minimum absolute atomic E-state index is 0.0231. The van der Waals surface area contributed by atoms with Gasteiger partial charge < -0.3 is 25.7 Å². The molecule has 0 amide bonds. The zero-order chi connectivity index (χ0) is 16.3. The van der Waals surface area contributed by atoms with Crippen LogP contribution in [0.5, 0.6) is 0 Å². The first-order valence-electron chi connectivity index (χ1n) is 6.92. The van der Waals surface area contributed by atoms with Gasteiger partial charge in [-0.15, -0.1) is 0 Å². The summed E-state index contributed by atoms with van der Waals surface area (Å²) in [6.07, 6.45) is 0.0859. The van der Waals surface area contributed by atoms with Crippen molar-refractivity contribution in [2.75, 3.05) is 18.9 Å². The number of hydrogen-bond donors (Lipinski definition) is 2. The van der Waals surface area contributed by atoms with E-state index in [2.05, 4.69) is 4.98 Å². The van der Waals surface area contributed by atoms with Crippen LogP contribution in [0.15, 0.2) is 17.1 Å². The Kier molecular flexibility index (Phi) is 5.11. The Morgan fingerprint density at radius 3 is 2.95 bits per heavy atom. The average molecular weight is 312 g/mol. The van der Waals surface area contributed by atoms with E-state index in [1.807, 2.05) is 13.8 Å². The summed E-state index contributed by atoms with van der Waals surface area (Å²) in [5.41, 5.74) is 10.6. The molecular formula is C13H20N4O5. The van der Waals surface area contributed by atoms with Crippen molar-refractivity contribution < 1.29 is 19.0 Å². The average Bonchev–Trinajstić information content (AvgIpc) is 2.92. The van der Waals surface area contributed by atoms with Crippen molar-refractivity contribution in [2.45, 2.75) is 32.4 Å². The standard InChI is InChI=1S/C13H20N4O5/c1-7(2)11(15)12(18)21-6-10-20-5-9(22-10)17-4-3-8(14)16-13(17)19/h3-4,7,9-11H,5-6,15H2,1-2H3,(H2,14,16,19)/t9-,10?,11-/m0/s1. The molecule has 9 nitrogen and oxygen atoms in total. The summed E-state index contributed by atoms with van der Waals surface area (Å²) in [5, 5.41) is 0. The van der Waals surface area contributed by atoms with E-state index in [-0.39, 0.29) is 24.9 Å². The molecule has 4 N–H and O–H groups in total. The van der Waals surface area contributed by atoms with Crippen LogP contribution >= 0.6 is 0 Å².